The number of aryl methyl sites for hydroxylation is 1. The number of rotatable bonds is 3. The molecule has 1 aromatic carbocycles. The van der Waals surface area contributed by atoms with E-state index in [1.54, 1.807) is 11.3 Å². The Balaban J connectivity index is 2.07. The van der Waals surface area contributed by atoms with Crippen LogP contribution in [-0.4, -0.2) is 4.98 Å². The normalized spacial score (nSPS) is 12.7. The van der Waals surface area contributed by atoms with E-state index in [-0.39, 0.29) is 5.38 Å². The minimum atomic E-state index is 0.0207. The molecule has 1 unspecified atom stereocenters. The number of hydrogen-bond acceptors (Lipinski definition) is 2. The monoisotopic (exact) mass is 315 g/mol. The summed E-state index contributed by atoms with van der Waals surface area (Å²) >= 11 is 11.4. The zero-order valence-electron chi connectivity index (χ0n) is 8.78. The van der Waals surface area contributed by atoms with Crippen LogP contribution >= 0.6 is 38.9 Å². The number of hydrogen-bond donors (Lipinski definition) is 0. The van der Waals surface area contributed by atoms with Crippen molar-refractivity contribution < 1.29 is 0 Å². The van der Waals surface area contributed by atoms with Gasteiger partial charge in [-0.05, 0) is 31.0 Å². The summed E-state index contributed by atoms with van der Waals surface area (Å²) in [5.41, 5.74) is 1.24. The summed E-state index contributed by atoms with van der Waals surface area (Å²) in [6.45, 7) is 2.00. The third kappa shape index (κ3) is 3.06. The van der Waals surface area contributed by atoms with Gasteiger partial charge in [-0.1, -0.05) is 28.1 Å². The van der Waals surface area contributed by atoms with Crippen molar-refractivity contribution in [3.05, 3.63) is 50.4 Å². The molecule has 84 valence electrons. The van der Waals surface area contributed by atoms with E-state index in [1.807, 2.05) is 25.3 Å². The van der Waals surface area contributed by atoms with E-state index < -0.39 is 0 Å². The zero-order chi connectivity index (χ0) is 11.5. The van der Waals surface area contributed by atoms with Crippen molar-refractivity contribution >= 4 is 38.9 Å². The van der Waals surface area contributed by atoms with E-state index >= 15 is 0 Å². The van der Waals surface area contributed by atoms with Crippen LogP contribution in [0.3, 0.4) is 0 Å². The predicted octanol–water partition coefficient (Wildman–Crippen LogP) is 4.74. The highest BCUT2D eigenvalue weighted by atomic mass is 79.9. The first-order valence-corrected chi connectivity index (χ1v) is 7.00. The van der Waals surface area contributed by atoms with E-state index in [9.17, 15) is 0 Å². The highest BCUT2D eigenvalue weighted by Gasteiger charge is 2.11. The highest BCUT2D eigenvalue weighted by molar-refractivity contribution is 9.10. The van der Waals surface area contributed by atoms with Gasteiger partial charge < -0.3 is 0 Å². The van der Waals surface area contributed by atoms with Gasteiger partial charge in [0, 0.05) is 15.5 Å². The molecular weight excluding hydrogens is 306 g/mol. The Hall–Kier alpha value is -0.380. The number of benzene rings is 1. The van der Waals surface area contributed by atoms with Crippen molar-refractivity contribution in [2.45, 2.75) is 18.7 Å². The van der Waals surface area contributed by atoms with E-state index in [1.165, 1.54) is 5.56 Å². The molecule has 1 nitrogen and oxygen atoms in total. The SMILES string of the molecule is Cc1ncc(C(Cl)Cc2ccc(Br)cc2)s1. The minimum Gasteiger partial charge on any atom is -0.250 e. The van der Waals surface area contributed by atoms with Crippen LogP contribution in [0.5, 0.6) is 0 Å². The van der Waals surface area contributed by atoms with E-state index in [0.29, 0.717) is 0 Å². The average molecular weight is 317 g/mol. The van der Waals surface area contributed by atoms with Gasteiger partial charge in [-0.2, -0.15) is 0 Å². The third-order valence-electron chi connectivity index (χ3n) is 2.28. The second-order valence-electron chi connectivity index (χ2n) is 3.58. The Morgan fingerprint density at radius 1 is 1.38 bits per heavy atom. The Kier molecular flexibility index (Phi) is 4.00. The van der Waals surface area contributed by atoms with Crippen molar-refractivity contribution in [1.82, 2.24) is 4.98 Å². The van der Waals surface area contributed by atoms with Gasteiger partial charge in [-0.25, -0.2) is 4.98 Å². The van der Waals surface area contributed by atoms with Crippen molar-refractivity contribution in [1.29, 1.82) is 0 Å². The first-order chi connectivity index (χ1) is 7.65. The van der Waals surface area contributed by atoms with Gasteiger partial charge >= 0.3 is 0 Å². The molecule has 0 saturated heterocycles. The van der Waals surface area contributed by atoms with Crippen LogP contribution < -0.4 is 0 Å². The lowest BCUT2D eigenvalue weighted by Gasteiger charge is -2.06. The van der Waals surface area contributed by atoms with E-state index in [0.717, 1.165) is 20.8 Å². The molecule has 0 aliphatic carbocycles. The number of alkyl halides is 1. The third-order valence-corrected chi connectivity index (χ3v) is 4.35. The molecule has 0 spiro atoms. The van der Waals surface area contributed by atoms with Gasteiger partial charge in [0.05, 0.1) is 10.4 Å². The topological polar surface area (TPSA) is 12.9 Å². The maximum Gasteiger partial charge on any atom is 0.0897 e. The molecule has 0 saturated carbocycles. The number of aromatic nitrogens is 1. The predicted molar refractivity (Wildman–Crippen MR) is 73.3 cm³/mol. The molecule has 1 atom stereocenters. The second-order valence-corrected chi connectivity index (χ2v) is 6.29. The lowest BCUT2D eigenvalue weighted by Crippen LogP contribution is -1.93. The molecule has 0 amide bonds. The second kappa shape index (κ2) is 5.30. The summed E-state index contributed by atoms with van der Waals surface area (Å²) in [6.07, 6.45) is 2.72. The number of halogens is 2. The van der Waals surface area contributed by atoms with Crippen molar-refractivity contribution in [2.75, 3.05) is 0 Å². The van der Waals surface area contributed by atoms with Crippen LogP contribution in [0, 0.1) is 6.92 Å². The highest BCUT2D eigenvalue weighted by Crippen LogP contribution is 2.29. The molecule has 0 aliphatic rings. The van der Waals surface area contributed by atoms with Gasteiger partial charge in [-0.15, -0.1) is 22.9 Å². The van der Waals surface area contributed by atoms with Gasteiger partial charge in [-0.3, -0.25) is 0 Å². The van der Waals surface area contributed by atoms with Gasteiger partial charge in [0.2, 0.25) is 0 Å². The number of nitrogens with zero attached hydrogens (tertiary/aromatic N) is 1. The summed E-state index contributed by atoms with van der Waals surface area (Å²) in [5.74, 6) is 0. The van der Waals surface area contributed by atoms with Crippen LogP contribution in [0.1, 0.15) is 20.8 Å². The van der Waals surface area contributed by atoms with Crippen LogP contribution in [-0.2, 0) is 6.42 Å². The summed E-state index contributed by atoms with van der Waals surface area (Å²) < 4.78 is 1.09. The fraction of sp³-hybridized carbons (Fsp3) is 0.250. The molecule has 0 aliphatic heterocycles. The van der Waals surface area contributed by atoms with Crippen molar-refractivity contribution in [3.63, 3.8) is 0 Å². The van der Waals surface area contributed by atoms with Crippen LogP contribution in [0.25, 0.3) is 0 Å². The summed E-state index contributed by atoms with van der Waals surface area (Å²) in [5, 5.41) is 1.09. The summed E-state index contributed by atoms with van der Waals surface area (Å²) in [6, 6.07) is 8.26. The van der Waals surface area contributed by atoms with Gasteiger partial charge in [0.1, 0.15) is 0 Å². The number of thiazole rings is 1. The molecule has 0 bridgehead atoms. The van der Waals surface area contributed by atoms with Gasteiger partial charge in [0.15, 0.2) is 0 Å². The first kappa shape index (κ1) is 12.1. The molecular formula is C12H11BrClNS. The fourth-order valence-corrected chi connectivity index (χ4v) is 2.85. The maximum atomic E-state index is 6.35. The minimum absolute atomic E-state index is 0.0207. The molecule has 1 heterocycles. The molecule has 2 aromatic rings. The molecule has 16 heavy (non-hydrogen) atoms. The largest absolute Gasteiger partial charge is 0.250 e. The lowest BCUT2D eigenvalue weighted by molar-refractivity contribution is 0.935. The Labute approximate surface area is 113 Å². The Morgan fingerprint density at radius 3 is 2.62 bits per heavy atom. The molecule has 2 rings (SSSR count). The molecule has 0 fully saturated rings. The van der Waals surface area contributed by atoms with E-state index in [4.69, 9.17) is 11.6 Å². The van der Waals surface area contributed by atoms with Crippen LogP contribution in [0.2, 0.25) is 0 Å². The van der Waals surface area contributed by atoms with Crippen molar-refractivity contribution in [3.8, 4) is 0 Å². The van der Waals surface area contributed by atoms with Crippen LogP contribution in [0.4, 0.5) is 0 Å². The summed E-state index contributed by atoms with van der Waals surface area (Å²) in [7, 11) is 0. The maximum absolute atomic E-state index is 6.35. The Morgan fingerprint density at radius 2 is 2.06 bits per heavy atom. The average Bonchev–Trinajstić information content (AvgIpc) is 2.68. The van der Waals surface area contributed by atoms with Crippen molar-refractivity contribution in [2.24, 2.45) is 0 Å². The molecule has 4 heteroatoms. The lowest BCUT2D eigenvalue weighted by atomic mass is 10.1. The zero-order valence-corrected chi connectivity index (χ0v) is 11.9. The first-order valence-electron chi connectivity index (χ1n) is 4.96. The summed E-state index contributed by atoms with van der Waals surface area (Å²) in [4.78, 5) is 5.36. The standard InChI is InChI=1S/C12H11BrClNS/c1-8-15-7-12(16-8)11(14)6-9-2-4-10(13)5-3-9/h2-5,7,11H,6H2,1H3. The fourth-order valence-electron chi connectivity index (χ4n) is 1.45. The van der Waals surface area contributed by atoms with E-state index in [2.05, 4.69) is 33.0 Å². The Bertz CT molecular complexity index is 466. The van der Waals surface area contributed by atoms with Gasteiger partial charge in [0.25, 0.3) is 0 Å². The molecule has 0 radical (unpaired) electrons. The quantitative estimate of drug-likeness (QED) is 0.746. The molecule has 0 N–H and O–H groups in total. The smallest absolute Gasteiger partial charge is 0.0897 e. The molecule has 1 aromatic heterocycles. The van der Waals surface area contributed by atoms with Crippen LogP contribution in [0.15, 0.2) is 34.9 Å².